The van der Waals surface area contributed by atoms with E-state index in [1.54, 1.807) is 26.4 Å². The van der Waals surface area contributed by atoms with Crippen LogP contribution in [0.25, 0.3) is 0 Å². The molecule has 178 valence electrons. The Balaban J connectivity index is 0.000000323. The first-order valence-electron chi connectivity index (χ1n) is 9.23. The average Bonchev–Trinajstić information content (AvgIpc) is 2.80. The van der Waals surface area contributed by atoms with Gasteiger partial charge in [-0.25, -0.2) is 0 Å². The molecule has 0 saturated carbocycles. The zero-order valence-corrected chi connectivity index (χ0v) is 20.0. The highest BCUT2D eigenvalue weighted by atomic mass is 79.9. The van der Waals surface area contributed by atoms with Crippen molar-refractivity contribution >= 4 is 28.5 Å². The van der Waals surface area contributed by atoms with Crippen LogP contribution in [0, 0.1) is 0 Å². The van der Waals surface area contributed by atoms with Gasteiger partial charge in [-0.05, 0) is 34.1 Å². The summed E-state index contributed by atoms with van der Waals surface area (Å²) in [7, 11) is 4.51. The minimum atomic E-state index is -1.61. The molecule has 0 amide bonds. The average molecular weight is 519 g/mol. The molecule has 0 spiro atoms. The standard InChI is InChI=1S/C10H15BO6.C10H13BrO4/c1-14-6-16-8-3-4-9(11(12)13)10(5-8)17-7-15-2;1-12-6-14-8-3-4-9(11)10(5-8)15-7-13-2/h3-5,12-13H,6-7H2,1-2H3;3-5H,6-7H2,1-2H3. The largest absolute Gasteiger partial charge is 0.492 e. The summed E-state index contributed by atoms with van der Waals surface area (Å²) in [5.74, 6) is 2.15. The lowest BCUT2D eigenvalue weighted by atomic mass is 9.79. The molecule has 0 heterocycles. The number of benzene rings is 2. The Morgan fingerprint density at radius 2 is 1.09 bits per heavy atom. The van der Waals surface area contributed by atoms with E-state index in [1.165, 1.54) is 26.4 Å². The third kappa shape index (κ3) is 10.5. The van der Waals surface area contributed by atoms with Crippen molar-refractivity contribution in [1.29, 1.82) is 0 Å². The molecule has 0 unspecified atom stereocenters. The molecule has 0 fully saturated rings. The monoisotopic (exact) mass is 518 g/mol. The highest BCUT2D eigenvalue weighted by molar-refractivity contribution is 9.10. The van der Waals surface area contributed by atoms with Crippen LogP contribution in [-0.4, -0.2) is 72.8 Å². The van der Waals surface area contributed by atoms with E-state index in [2.05, 4.69) is 15.9 Å². The van der Waals surface area contributed by atoms with E-state index < -0.39 is 7.12 Å². The summed E-state index contributed by atoms with van der Waals surface area (Å²) in [5.41, 5.74) is 0.242. The molecule has 10 nitrogen and oxygen atoms in total. The second-order valence-corrected chi connectivity index (χ2v) is 6.72. The maximum absolute atomic E-state index is 9.14. The van der Waals surface area contributed by atoms with Gasteiger partial charge in [0.2, 0.25) is 0 Å². The minimum Gasteiger partial charge on any atom is -0.468 e. The predicted molar refractivity (Wildman–Crippen MR) is 120 cm³/mol. The van der Waals surface area contributed by atoms with Crippen molar-refractivity contribution in [3.05, 3.63) is 40.9 Å². The quantitative estimate of drug-likeness (QED) is 0.300. The molecule has 2 rings (SSSR count). The molecule has 12 heteroatoms. The summed E-state index contributed by atoms with van der Waals surface area (Å²) in [5, 5.41) is 18.3. The van der Waals surface area contributed by atoms with Crippen LogP contribution in [0.1, 0.15) is 0 Å². The zero-order chi connectivity index (χ0) is 23.8. The lowest BCUT2D eigenvalue weighted by molar-refractivity contribution is 0.0455. The number of methoxy groups -OCH3 is 4. The molecule has 32 heavy (non-hydrogen) atoms. The van der Waals surface area contributed by atoms with Crippen LogP contribution in [0.2, 0.25) is 0 Å². The molecule has 0 aliphatic carbocycles. The third-order valence-corrected chi connectivity index (χ3v) is 4.17. The van der Waals surface area contributed by atoms with Gasteiger partial charge >= 0.3 is 7.12 Å². The Bertz CT molecular complexity index is 778. The van der Waals surface area contributed by atoms with Gasteiger partial charge in [-0.2, -0.15) is 0 Å². The Hall–Kier alpha value is -2.06. The molecule has 0 radical (unpaired) electrons. The first kappa shape index (κ1) is 28.0. The fraction of sp³-hybridized carbons (Fsp3) is 0.400. The number of hydrogen-bond donors (Lipinski definition) is 2. The second kappa shape index (κ2) is 16.6. The first-order chi connectivity index (χ1) is 15.5. The number of rotatable bonds is 13. The Labute approximate surface area is 196 Å². The molecule has 0 aliphatic heterocycles. The molecule has 0 saturated heterocycles. The Kier molecular flexibility index (Phi) is 14.5. The first-order valence-corrected chi connectivity index (χ1v) is 10.0. The van der Waals surface area contributed by atoms with Crippen molar-refractivity contribution in [2.24, 2.45) is 0 Å². The molecule has 2 N–H and O–H groups in total. The van der Waals surface area contributed by atoms with Crippen LogP contribution in [0.15, 0.2) is 40.9 Å². The Morgan fingerprint density at radius 3 is 1.59 bits per heavy atom. The Morgan fingerprint density at radius 1 is 0.656 bits per heavy atom. The normalized spacial score (nSPS) is 10.1. The smallest absolute Gasteiger partial charge is 0.468 e. The van der Waals surface area contributed by atoms with Crippen molar-refractivity contribution in [3.63, 3.8) is 0 Å². The van der Waals surface area contributed by atoms with Gasteiger partial charge in [0.15, 0.2) is 27.2 Å². The fourth-order valence-corrected chi connectivity index (χ4v) is 2.49. The lowest BCUT2D eigenvalue weighted by Crippen LogP contribution is -2.31. The summed E-state index contributed by atoms with van der Waals surface area (Å²) >= 11 is 3.36. The highest BCUT2D eigenvalue weighted by Crippen LogP contribution is 2.29. The third-order valence-electron chi connectivity index (χ3n) is 3.52. The molecule has 2 aromatic rings. The van der Waals surface area contributed by atoms with Crippen LogP contribution in [0.4, 0.5) is 0 Å². The van der Waals surface area contributed by atoms with Gasteiger partial charge in [-0.3, -0.25) is 0 Å². The molecule has 0 bridgehead atoms. The van der Waals surface area contributed by atoms with E-state index in [0.717, 1.165) is 4.47 Å². The van der Waals surface area contributed by atoms with Crippen molar-refractivity contribution in [3.8, 4) is 23.0 Å². The maximum atomic E-state index is 9.14. The summed E-state index contributed by atoms with van der Waals surface area (Å²) in [4.78, 5) is 0. The zero-order valence-electron chi connectivity index (χ0n) is 18.4. The minimum absolute atomic E-state index is 0.00739. The van der Waals surface area contributed by atoms with E-state index in [9.17, 15) is 0 Å². The molecule has 0 aromatic heterocycles. The second-order valence-electron chi connectivity index (χ2n) is 5.87. The van der Waals surface area contributed by atoms with Crippen molar-refractivity contribution in [2.45, 2.75) is 0 Å². The molecule has 0 aliphatic rings. The van der Waals surface area contributed by atoms with Gasteiger partial charge in [0.1, 0.15) is 23.0 Å². The highest BCUT2D eigenvalue weighted by Gasteiger charge is 2.18. The van der Waals surface area contributed by atoms with Crippen molar-refractivity contribution in [2.75, 3.05) is 55.6 Å². The van der Waals surface area contributed by atoms with Crippen LogP contribution >= 0.6 is 15.9 Å². The summed E-state index contributed by atoms with van der Waals surface area (Å²) in [6.07, 6.45) is 0. The van der Waals surface area contributed by atoms with Crippen molar-refractivity contribution in [1.82, 2.24) is 0 Å². The molecular formula is C20H28BBrO10. The van der Waals surface area contributed by atoms with Gasteiger partial charge in [0, 0.05) is 46.0 Å². The maximum Gasteiger partial charge on any atom is 0.492 e. The van der Waals surface area contributed by atoms with E-state index >= 15 is 0 Å². The molecule has 2 aromatic carbocycles. The van der Waals surface area contributed by atoms with Crippen molar-refractivity contribution < 1.29 is 47.9 Å². The van der Waals surface area contributed by atoms with Crippen LogP contribution in [0.3, 0.4) is 0 Å². The van der Waals surface area contributed by atoms with Crippen LogP contribution in [-0.2, 0) is 18.9 Å². The SMILES string of the molecule is COCOc1ccc(B(O)O)c(OCOC)c1.COCOc1ccc(Br)c(OCOC)c1. The van der Waals surface area contributed by atoms with Gasteiger partial charge in [0.25, 0.3) is 0 Å². The van der Waals surface area contributed by atoms with Gasteiger partial charge in [-0.15, -0.1) is 0 Å². The van der Waals surface area contributed by atoms with Crippen LogP contribution in [0.5, 0.6) is 23.0 Å². The molecule has 0 atom stereocenters. The molecular weight excluding hydrogens is 491 g/mol. The van der Waals surface area contributed by atoms with Gasteiger partial charge in [-0.1, -0.05) is 6.07 Å². The van der Waals surface area contributed by atoms with E-state index in [0.29, 0.717) is 17.2 Å². The summed E-state index contributed by atoms with van der Waals surface area (Å²) in [6.45, 7) is 0.524. The van der Waals surface area contributed by atoms with E-state index in [4.69, 9.17) is 47.9 Å². The van der Waals surface area contributed by atoms with E-state index in [-0.39, 0.29) is 38.4 Å². The van der Waals surface area contributed by atoms with Crippen LogP contribution < -0.4 is 24.4 Å². The topological polar surface area (TPSA) is 114 Å². The number of halogens is 1. The summed E-state index contributed by atoms with van der Waals surface area (Å²) in [6, 6.07) is 10.1. The van der Waals surface area contributed by atoms with Gasteiger partial charge in [0.05, 0.1) is 4.47 Å². The predicted octanol–water partition coefficient (Wildman–Crippen LogP) is 1.75. The fourth-order valence-electron chi connectivity index (χ4n) is 2.13. The lowest BCUT2D eigenvalue weighted by Gasteiger charge is -2.12. The summed E-state index contributed by atoms with van der Waals surface area (Å²) < 4.78 is 41.0. The van der Waals surface area contributed by atoms with Gasteiger partial charge < -0.3 is 47.9 Å². The number of ether oxygens (including phenoxy) is 8. The van der Waals surface area contributed by atoms with E-state index in [1.807, 2.05) is 12.1 Å². The number of hydrogen-bond acceptors (Lipinski definition) is 10.